The van der Waals surface area contributed by atoms with Gasteiger partial charge in [0.15, 0.2) is 28.9 Å². The average Bonchev–Trinajstić information content (AvgIpc) is 3.09. The second-order valence-electron chi connectivity index (χ2n) is 8.51. The monoisotopic (exact) mass is 454 g/mol. The van der Waals surface area contributed by atoms with Gasteiger partial charge >= 0.3 is 5.97 Å². The van der Waals surface area contributed by atoms with Gasteiger partial charge in [0.1, 0.15) is 0 Å². The number of nitrogens with zero attached hydrogens (tertiary/aromatic N) is 1. The highest BCUT2D eigenvalue weighted by molar-refractivity contribution is 6.04. The normalized spacial score (nSPS) is 21.4. The van der Waals surface area contributed by atoms with E-state index in [4.69, 9.17) is 14.2 Å². The Labute approximate surface area is 193 Å². The number of fused-ring (bicyclic) bond motifs is 1. The number of aromatic nitrogens is 1. The predicted molar refractivity (Wildman–Crippen MR) is 121 cm³/mol. The maximum atomic E-state index is 13.2. The van der Waals surface area contributed by atoms with E-state index in [-0.39, 0.29) is 29.1 Å². The Morgan fingerprint density at radius 1 is 1.21 bits per heavy atom. The number of ether oxygens (including phenoxy) is 3. The molecule has 0 saturated heterocycles. The fourth-order valence-electron chi connectivity index (χ4n) is 4.77. The Morgan fingerprint density at radius 2 is 2.00 bits per heavy atom. The van der Waals surface area contributed by atoms with E-state index in [1.54, 1.807) is 18.2 Å². The van der Waals surface area contributed by atoms with Crippen LogP contribution in [0, 0.1) is 5.21 Å². The summed E-state index contributed by atoms with van der Waals surface area (Å²) in [5, 5.41) is 12.8. The zero-order valence-electron chi connectivity index (χ0n) is 19.0. The first-order valence-corrected chi connectivity index (χ1v) is 11.6. The molecule has 0 radical (unpaired) electrons. The molecular formula is C25H30N2O6. The van der Waals surface area contributed by atoms with Gasteiger partial charge in [0.25, 0.3) is 0 Å². The zero-order chi connectivity index (χ0) is 23.4. The van der Waals surface area contributed by atoms with Crippen molar-refractivity contribution in [2.24, 2.45) is 0 Å². The predicted octanol–water partition coefficient (Wildman–Crippen LogP) is 3.12. The van der Waals surface area contributed by atoms with Crippen molar-refractivity contribution < 1.29 is 28.9 Å². The number of pyridine rings is 1. The van der Waals surface area contributed by atoms with Crippen molar-refractivity contribution in [2.45, 2.75) is 63.5 Å². The van der Waals surface area contributed by atoms with E-state index in [1.807, 2.05) is 19.1 Å². The van der Waals surface area contributed by atoms with Crippen LogP contribution in [0.2, 0.25) is 0 Å². The van der Waals surface area contributed by atoms with Gasteiger partial charge in [0.05, 0.1) is 32.2 Å². The van der Waals surface area contributed by atoms with Crippen LogP contribution in [0.4, 0.5) is 5.69 Å². The summed E-state index contributed by atoms with van der Waals surface area (Å²) >= 11 is 0. The largest absolute Gasteiger partial charge is 0.628 e. The summed E-state index contributed by atoms with van der Waals surface area (Å²) in [6.07, 6.45) is 7.07. The first-order chi connectivity index (χ1) is 16.0. The first kappa shape index (κ1) is 23.2. The molecule has 1 aromatic heterocycles. The third kappa shape index (κ3) is 4.86. The number of quaternary nitrogens is 1. The Balaban J connectivity index is 1.68. The molecule has 8 heteroatoms. The molecule has 1 aliphatic heterocycles. The van der Waals surface area contributed by atoms with Crippen LogP contribution in [0.3, 0.4) is 0 Å². The van der Waals surface area contributed by atoms with Crippen LogP contribution in [-0.2, 0) is 9.53 Å². The van der Waals surface area contributed by atoms with Gasteiger partial charge in [-0.3, -0.25) is 9.59 Å². The molecule has 3 unspecified atom stereocenters. The maximum Gasteiger partial charge on any atom is 0.306 e. The van der Waals surface area contributed by atoms with Gasteiger partial charge in [0.2, 0.25) is 5.78 Å². The van der Waals surface area contributed by atoms with Crippen LogP contribution in [0.15, 0.2) is 36.5 Å². The van der Waals surface area contributed by atoms with Crippen LogP contribution in [0.1, 0.15) is 67.4 Å². The standard InChI is InChI=1S/C25H30N2O6/c1-3-32-21-14-16(11-12-20(21)33-17-8-5-4-6-9-17)18(15-22(28)31-2)24-25(29)23-19(27(24)30)10-7-13-26-23/h7,10-14,17-18,24,27H,3-6,8-9,15H2,1-2H3. The smallest absolute Gasteiger partial charge is 0.306 e. The topological polar surface area (TPSA) is 102 Å². The Hall–Kier alpha value is -2.97. The Morgan fingerprint density at radius 3 is 2.70 bits per heavy atom. The van der Waals surface area contributed by atoms with Gasteiger partial charge in [0, 0.05) is 12.3 Å². The van der Waals surface area contributed by atoms with Gasteiger partial charge in [-0.25, -0.2) is 4.98 Å². The number of hydrogen-bond acceptors (Lipinski definition) is 7. The van der Waals surface area contributed by atoms with Gasteiger partial charge in [-0.15, -0.1) is 0 Å². The summed E-state index contributed by atoms with van der Waals surface area (Å²) < 4.78 is 17.0. The van der Waals surface area contributed by atoms with E-state index in [0.29, 0.717) is 29.4 Å². The van der Waals surface area contributed by atoms with E-state index in [9.17, 15) is 14.8 Å². The lowest BCUT2D eigenvalue weighted by Gasteiger charge is -2.30. The van der Waals surface area contributed by atoms with Gasteiger partial charge in [-0.2, -0.15) is 0 Å². The number of esters is 1. The molecule has 4 rings (SSSR count). The zero-order valence-corrected chi connectivity index (χ0v) is 19.0. The van der Waals surface area contributed by atoms with E-state index in [0.717, 1.165) is 25.7 Å². The van der Waals surface area contributed by atoms with Crippen molar-refractivity contribution in [1.29, 1.82) is 0 Å². The van der Waals surface area contributed by atoms with Crippen LogP contribution in [0.25, 0.3) is 0 Å². The highest BCUT2D eigenvalue weighted by Gasteiger charge is 2.46. The molecule has 1 N–H and O–H groups in total. The fraction of sp³-hybridized carbons (Fsp3) is 0.480. The molecule has 1 saturated carbocycles. The number of benzene rings is 1. The Bertz CT molecular complexity index is 1000. The van der Waals surface area contributed by atoms with Crippen molar-refractivity contribution in [1.82, 2.24) is 4.98 Å². The van der Waals surface area contributed by atoms with Gasteiger partial charge < -0.3 is 24.5 Å². The van der Waals surface area contributed by atoms with Gasteiger partial charge in [-0.05, 0) is 56.4 Å². The average molecular weight is 455 g/mol. The Kier molecular flexibility index (Phi) is 7.25. The van der Waals surface area contributed by atoms with E-state index in [2.05, 4.69) is 4.98 Å². The second-order valence-corrected chi connectivity index (χ2v) is 8.51. The minimum atomic E-state index is -1.03. The number of methoxy groups -OCH3 is 1. The first-order valence-electron chi connectivity index (χ1n) is 11.6. The number of nitrogens with one attached hydrogen (secondary N) is 1. The molecule has 0 amide bonds. The molecule has 33 heavy (non-hydrogen) atoms. The van der Waals surface area contributed by atoms with Crippen LogP contribution < -0.4 is 14.5 Å². The summed E-state index contributed by atoms with van der Waals surface area (Å²) in [5.41, 5.74) is 1.11. The number of hydroxylamine groups is 1. The fourth-order valence-corrected chi connectivity index (χ4v) is 4.77. The quantitative estimate of drug-likeness (QED) is 0.483. The van der Waals surface area contributed by atoms with E-state index < -0.39 is 17.9 Å². The third-order valence-corrected chi connectivity index (χ3v) is 6.43. The molecule has 3 atom stereocenters. The lowest BCUT2D eigenvalue weighted by molar-refractivity contribution is -0.792. The number of ketones is 1. The molecule has 1 aromatic carbocycles. The summed E-state index contributed by atoms with van der Waals surface area (Å²) in [6, 6.07) is 7.61. The van der Waals surface area contributed by atoms with Gasteiger partial charge in [-0.1, -0.05) is 12.5 Å². The molecule has 1 fully saturated rings. The van der Waals surface area contributed by atoms with Crippen molar-refractivity contribution >= 4 is 17.4 Å². The number of Topliss-reactive ketones (excluding diaryl/α,β-unsaturated/α-hetero) is 1. The molecule has 1 aliphatic carbocycles. The van der Waals surface area contributed by atoms with E-state index in [1.165, 1.54) is 19.7 Å². The second kappa shape index (κ2) is 10.3. The molecular weight excluding hydrogens is 424 g/mol. The summed E-state index contributed by atoms with van der Waals surface area (Å²) in [6.45, 7) is 2.32. The number of rotatable bonds is 8. The molecule has 0 spiro atoms. The van der Waals surface area contributed by atoms with E-state index >= 15 is 0 Å². The highest BCUT2D eigenvalue weighted by atomic mass is 16.5. The minimum Gasteiger partial charge on any atom is -0.628 e. The number of hydrogen-bond donors (Lipinski definition) is 1. The number of carbonyl (C=O) groups excluding carboxylic acids is 2. The molecule has 2 aromatic rings. The third-order valence-electron chi connectivity index (χ3n) is 6.43. The summed E-state index contributed by atoms with van der Waals surface area (Å²) in [4.78, 5) is 29.5. The van der Waals surface area contributed by atoms with Crippen LogP contribution >= 0.6 is 0 Å². The van der Waals surface area contributed by atoms with Crippen LogP contribution in [-0.4, -0.2) is 42.6 Å². The molecule has 0 bridgehead atoms. The molecule has 2 heterocycles. The highest BCUT2D eigenvalue weighted by Crippen LogP contribution is 2.37. The summed E-state index contributed by atoms with van der Waals surface area (Å²) in [5.74, 6) is -0.382. The van der Waals surface area contributed by atoms with Crippen molar-refractivity contribution in [3.63, 3.8) is 0 Å². The molecule has 176 valence electrons. The number of carbonyl (C=O) groups is 2. The minimum absolute atomic E-state index is 0.110. The lowest BCUT2D eigenvalue weighted by Crippen LogP contribution is -3.06. The summed E-state index contributed by atoms with van der Waals surface area (Å²) in [7, 11) is 1.29. The molecule has 8 nitrogen and oxygen atoms in total. The maximum absolute atomic E-state index is 13.2. The van der Waals surface area contributed by atoms with Crippen LogP contribution in [0.5, 0.6) is 11.5 Å². The van der Waals surface area contributed by atoms with Crippen molar-refractivity contribution in [3.05, 3.63) is 53.0 Å². The van der Waals surface area contributed by atoms with Crippen molar-refractivity contribution in [2.75, 3.05) is 13.7 Å². The molecule has 2 aliphatic rings. The van der Waals surface area contributed by atoms with Crippen molar-refractivity contribution in [3.8, 4) is 11.5 Å². The lowest BCUT2D eigenvalue weighted by atomic mass is 9.86. The SMILES string of the molecule is CCOc1cc(C(CC(=O)OC)C2C(=O)c3ncccc3[NH+]2[O-])ccc1OC1CCCCC1.